The Kier molecular flexibility index (Phi) is 6.22. The highest BCUT2D eigenvalue weighted by atomic mass is 16.1. The van der Waals surface area contributed by atoms with Crippen LogP contribution >= 0.6 is 0 Å². The van der Waals surface area contributed by atoms with Gasteiger partial charge in [-0.05, 0) is 36.5 Å². The Morgan fingerprint density at radius 2 is 1.96 bits per heavy atom. The normalized spacial score (nSPS) is 20.7. The van der Waals surface area contributed by atoms with Crippen LogP contribution in [0, 0.1) is 5.92 Å². The number of nitrogens with one attached hydrogen (secondary N) is 2. The van der Waals surface area contributed by atoms with Crippen LogP contribution in [0.2, 0.25) is 0 Å². The molecule has 1 aliphatic heterocycles. The van der Waals surface area contributed by atoms with Crippen molar-refractivity contribution in [1.29, 1.82) is 0 Å². The predicted molar refractivity (Wildman–Crippen MR) is 113 cm³/mol. The van der Waals surface area contributed by atoms with Gasteiger partial charge in [-0.2, -0.15) is 0 Å². The van der Waals surface area contributed by atoms with Gasteiger partial charge in [-0.15, -0.1) is 0 Å². The van der Waals surface area contributed by atoms with Gasteiger partial charge in [-0.25, -0.2) is 4.98 Å². The van der Waals surface area contributed by atoms with Crippen LogP contribution in [0.15, 0.2) is 48.7 Å². The van der Waals surface area contributed by atoms with Gasteiger partial charge in [0, 0.05) is 44.0 Å². The summed E-state index contributed by atoms with van der Waals surface area (Å²) >= 11 is 0. The summed E-state index contributed by atoms with van der Waals surface area (Å²) in [6.45, 7) is 3.44. The minimum Gasteiger partial charge on any atom is -0.353 e. The molecule has 0 radical (unpaired) electrons. The second-order valence-electron chi connectivity index (χ2n) is 7.98. The summed E-state index contributed by atoms with van der Waals surface area (Å²) in [5.41, 5.74) is 1.99. The van der Waals surface area contributed by atoms with Gasteiger partial charge in [-0.3, -0.25) is 4.79 Å². The van der Waals surface area contributed by atoms with Crippen LogP contribution in [-0.4, -0.2) is 37.1 Å². The van der Waals surface area contributed by atoms with Crippen LogP contribution in [-0.2, 0) is 0 Å². The van der Waals surface area contributed by atoms with Crippen molar-refractivity contribution in [2.45, 2.75) is 38.1 Å². The second-order valence-corrected chi connectivity index (χ2v) is 7.98. The lowest BCUT2D eigenvalue weighted by Gasteiger charge is -2.35. The van der Waals surface area contributed by atoms with Gasteiger partial charge < -0.3 is 15.5 Å². The molecule has 1 saturated carbocycles. The molecule has 5 nitrogen and oxygen atoms in total. The molecule has 148 valence electrons. The fourth-order valence-corrected chi connectivity index (χ4v) is 4.33. The summed E-state index contributed by atoms with van der Waals surface area (Å²) in [6.07, 6.45) is 8.17. The zero-order valence-corrected chi connectivity index (χ0v) is 16.4. The first-order valence-electron chi connectivity index (χ1n) is 10.6. The van der Waals surface area contributed by atoms with E-state index >= 15 is 0 Å². The molecule has 4 rings (SSSR count). The Morgan fingerprint density at radius 3 is 2.79 bits per heavy atom. The van der Waals surface area contributed by atoms with E-state index in [9.17, 15) is 4.79 Å². The van der Waals surface area contributed by atoms with Crippen molar-refractivity contribution in [2.75, 3.05) is 31.1 Å². The highest BCUT2D eigenvalue weighted by molar-refractivity contribution is 5.94. The first-order chi connectivity index (χ1) is 13.8. The molecule has 0 unspecified atom stereocenters. The van der Waals surface area contributed by atoms with Crippen molar-refractivity contribution in [3.63, 3.8) is 0 Å². The Balaban J connectivity index is 1.39. The molecule has 5 heteroatoms. The number of anilines is 1. The average Bonchev–Trinajstić information content (AvgIpc) is 2.79. The average molecular weight is 379 g/mol. The zero-order valence-electron chi connectivity index (χ0n) is 16.4. The van der Waals surface area contributed by atoms with Gasteiger partial charge in [0.1, 0.15) is 5.82 Å². The Bertz CT molecular complexity index is 773. The third-order valence-corrected chi connectivity index (χ3v) is 5.99. The maximum absolute atomic E-state index is 12.6. The lowest BCUT2D eigenvalue weighted by molar-refractivity contribution is 0.0943. The van der Waals surface area contributed by atoms with E-state index < -0.39 is 0 Å². The van der Waals surface area contributed by atoms with Crippen LogP contribution in [0.3, 0.4) is 0 Å². The fourth-order valence-electron chi connectivity index (χ4n) is 4.33. The second kappa shape index (κ2) is 9.20. The molecule has 2 heterocycles. The molecule has 1 amide bonds. The molecular formula is C23H30N4O. The fraction of sp³-hybridized carbons (Fsp3) is 0.478. The monoisotopic (exact) mass is 378 g/mol. The number of nitrogens with zero attached hydrogens (tertiary/aromatic N) is 2. The number of rotatable bonds is 5. The molecule has 2 N–H and O–H groups in total. The summed E-state index contributed by atoms with van der Waals surface area (Å²) < 4.78 is 0. The molecular weight excluding hydrogens is 348 g/mol. The van der Waals surface area contributed by atoms with Crippen LogP contribution in [0.25, 0.3) is 0 Å². The van der Waals surface area contributed by atoms with Gasteiger partial charge in [-0.1, -0.05) is 49.6 Å². The maximum atomic E-state index is 12.6. The molecule has 1 atom stereocenters. The van der Waals surface area contributed by atoms with Crippen LogP contribution in [0.1, 0.15) is 54.1 Å². The minimum absolute atomic E-state index is 0.0176. The van der Waals surface area contributed by atoms with Crippen molar-refractivity contribution in [2.24, 2.45) is 5.92 Å². The van der Waals surface area contributed by atoms with Crippen LogP contribution in [0.5, 0.6) is 0 Å². The van der Waals surface area contributed by atoms with E-state index in [1.807, 2.05) is 18.2 Å². The first kappa shape index (κ1) is 18.9. The standard InChI is InChI=1S/C23H30N4O/c28-23(26-16-18-7-3-1-4-8-18)20-11-12-25-22(15-20)27-14-13-24-21(17-27)19-9-5-2-6-10-19/h2,5-6,9-12,15,18,21,24H,1,3-4,7-8,13-14,16-17H2,(H,26,28)/t21-/m0/s1. The van der Waals surface area contributed by atoms with Gasteiger partial charge in [0.05, 0.1) is 0 Å². The van der Waals surface area contributed by atoms with Gasteiger partial charge in [0.25, 0.3) is 5.91 Å². The number of amides is 1. The van der Waals surface area contributed by atoms with Crippen molar-refractivity contribution in [3.8, 4) is 0 Å². The summed E-state index contributed by atoms with van der Waals surface area (Å²) in [5.74, 6) is 1.54. The van der Waals surface area contributed by atoms with Gasteiger partial charge in [0.2, 0.25) is 0 Å². The van der Waals surface area contributed by atoms with Gasteiger partial charge in [0.15, 0.2) is 0 Å². The number of pyridine rings is 1. The smallest absolute Gasteiger partial charge is 0.251 e. The Labute approximate surface area is 167 Å². The SMILES string of the molecule is O=C(NCC1CCCCC1)c1ccnc(N2CCN[C@H](c3ccccc3)C2)c1. The number of carbonyl (C=O) groups is 1. The van der Waals surface area contributed by atoms with Crippen molar-refractivity contribution in [1.82, 2.24) is 15.6 Å². The number of hydrogen-bond donors (Lipinski definition) is 2. The van der Waals surface area contributed by atoms with Crippen molar-refractivity contribution < 1.29 is 4.79 Å². The highest BCUT2D eigenvalue weighted by Gasteiger charge is 2.22. The first-order valence-corrected chi connectivity index (χ1v) is 10.6. The Hall–Kier alpha value is -2.40. The summed E-state index contributed by atoms with van der Waals surface area (Å²) in [5, 5.41) is 6.72. The number of carbonyl (C=O) groups excluding carboxylic acids is 1. The van der Waals surface area contributed by atoms with E-state index in [1.54, 1.807) is 6.20 Å². The maximum Gasteiger partial charge on any atom is 0.251 e. The van der Waals surface area contributed by atoms with E-state index in [4.69, 9.17) is 0 Å². The summed E-state index contributed by atoms with van der Waals surface area (Å²) in [7, 11) is 0. The molecule has 0 spiro atoms. The van der Waals surface area contributed by atoms with Crippen LogP contribution in [0.4, 0.5) is 5.82 Å². The number of piperazine rings is 1. The van der Waals surface area contributed by atoms with Crippen molar-refractivity contribution >= 4 is 11.7 Å². The molecule has 28 heavy (non-hydrogen) atoms. The molecule has 2 fully saturated rings. The van der Waals surface area contributed by atoms with E-state index in [-0.39, 0.29) is 11.9 Å². The molecule has 1 saturated heterocycles. The Morgan fingerprint density at radius 1 is 1.14 bits per heavy atom. The zero-order chi connectivity index (χ0) is 19.2. The van der Waals surface area contributed by atoms with E-state index in [1.165, 1.54) is 37.7 Å². The minimum atomic E-state index is 0.0176. The third-order valence-electron chi connectivity index (χ3n) is 5.99. The van der Waals surface area contributed by atoms with E-state index in [0.717, 1.165) is 32.0 Å². The van der Waals surface area contributed by atoms with Gasteiger partial charge >= 0.3 is 0 Å². The molecule has 2 aromatic rings. The van der Waals surface area contributed by atoms with Crippen molar-refractivity contribution in [3.05, 3.63) is 59.8 Å². The quantitative estimate of drug-likeness (QED) is 0.836. The number of aromatic nitrogens is 1. The van der Waals surface area contributed by atoms with E-state index in [2.05, 4.69) is 44.8 Å². The lowest BCUT2D eigenvalue weighted by Crippen LogP contribution is -2.46. The molecule has 1 aliphatic carbocycles. The topological polar surface area (TPSA) is 57.3 Å². The highest BCUT2D eigenvalue weighted by Crippen LogP contribution is 2.24. The largest absolute Gasteiger partial charge is 0.353 e. The lowest BCUT2D eigenvalue weighted by atomic mass is 9.89. The summed E-state index contributed by atoms with van der Waals surface area (Å²) in [6, 6.07) is 14.5. The molecule has 0 bridgehead atoms. The molecule has 2 aliphatic rings. The predicted octanol–water partition coefficient (Wildman–Crippen LogP) is 3.54. The molecule has 1 aromatic carbocycles. The summed E-state index contributed by atoms with van der Waals surface area (Å²) in [4.78, 5) is 19.5. The molecule has 1 aromatic heterocycles. The van der Waals surface area contributed by atoms with Crippen LogP contribution < -0.4 is 15.5 Å². The third kappa shape index (κ3) is 4.71. The number of benzene rings is 1. The van der Waals surface area contributed by atoms with E-state index in [0.29, 0.717) is 11.5 Å². The number of hydrogen-bond acceptors (Lipinski definition) is 4.